The second-order valence-corrected chi connectivity index (χ2v) is 3.93. The Kier molecular flexibility index (Phi) is 5.79. The third-order valence-electron chi connectivity index (χ3n) is 2.49. The molecule has 0 aliphatic heterocycles. The van der Waals surface area contributed by atoms with Crippen LogP contribution in [0.25, 0.3) is 0 Å². The minimum atomic E-state index is -0.990. The summed E-state index contributed by atoms with van der Waals surface area (Å²) in [6, 6.07) is 2.45. The molecule has 18 heavy (non-hydrogen) atoms. The van der Waals surface area contributed by atoms with Gasteiger partial charge >= 0.3 is 5.97 Å². The summed E-state index contributed by atoms with van der Waals surface area (Å²) in [6.45, 7) is 0.507. The molecule has 4 N–H and O–H groups in total. The van der Waals surface area contributed by atoms with E-state index >= 15 is 0 Å². The molecule has 1 rings (SSSR count). The third-order valence-corrected chi connectivity index (χ3v) is 2.49. The van der Waals surface area contributed by atoms with E-state index in [4.69, 9.17) is 10.8 Å². The fourth-order valence-electron chi connectivity index (χ4n) is 1.42. The van der Waals surface area contributed by atoms with Gasteiger partial charge in [-0.15, -0.1) is 0 Å². The van der Waals surface area contributed by atoms with Crippen molar-refractivity contribution in [1.82, 2.24) is 10.3 Å². The number of carboxylic acids is 1. The Morgan fingerprint density at radius 1 is 1.33 bits per heavy atom. The number of nitrogens with one attached hydrogen (secondary N) is 1. The van der Waals surface area contributed by atoms with Gasteiger partial charge in [-0.2, -0.15) is 0 Å². The second-order valence-electron chi connectivity index (χ2n) is 3.93. The monoisotopic (exact) mass is 251 g/mol. The van der Waals surface area contributed by atoms with Gasteiger partial charge in [-0.3, -0.25) is 14.6 Å². The highest BCUT2D eigenvalue weighted by Gasteiger charge is 2.10. The lowest BCUT2D eigenvalue weighted by atomic mass is 10.1. The van der Waals surface area contributed by atoms with E-state index in [0.717, 1.165) is 0 Å². The number of nitrogens with two attached hydrogens (primary N) is 1. The van der Waals surface area contributed by atoms with Crippen LogP contribution in [0.3, 0.4) is 0 Å². The average molecular weight is 251 g/mol. The number of carbonyl (C=O) groups is 2. The molecule has 6 nitrogen and oxygen atoms in total. The maximum atomic E-state index is 11.6. The van der Waals surface area contributed by atoms with Gasteiger partial charge in [0.05, 0.1) is 0 Å². The lowest BCUT2D eigenvalue weighted by Gasteiger charge is -2.07. The van der Waals surface area contributed by atoms with Gasteiger partial charge in [-0.1, -0.05) is 0 Å². The van der Waals surface area contributed by atoms with E-state index in [0.29, 0.717) is 31.4 Å². The summed E-state index contributed by atoms with van der Waals surface area (Å²) in [7, 11) is 0. The zero-order chi connectivity index (χ0) is 13.4. The predicted molar refractivity (Wildman–Crippen MR) is 66.0 cm³/mol. The number of hydrogen-bond donors (Lipinski definition) is 3. The zero-order valence-corrected chi connectivity index (χ0v) is 10.0. The van der Waals surface area contributed by atoms with Gasteiger partial charge in [-0.25, -0.2) is 0 Å². The molecule has 1 aromatic heterocycles. The lowest BCUT2D eigenvalue weighted by molar-refractivity contribution is -0.138. The first-order valence-electron chi connectivity index (χ1n) is 5.78. The van der Waals surface area contributed by atoms with Crippen molar-refractivity contribution in [3.05, 3.63) is 30.1 Å². The van der Waals surface area contributed by atoms with Crippen LogP contribution in [0.2, 0.25) is 0 Å². The van der Waals surface area contributed by atoms with Crippen molar-refractivity contribution < 1.29 is 14.7 Å². The van der Waals surface area contributed by atoms with E-state index in [-0.39, 0.29) is 5.91 Å². The summed E-state index contributed by atoms with van der Waals surface area (Å²) in [5.74, 6) is -1.14. The van der Waals surface area contributed by atoms with Gasteiger partial charge in [0.1, 0.15) is 6.04 Å². The Balaban J connectivity index is 2.15. The first-order chi connectivity index (χ1) is 8.61. The fourth-order valence-corrected chi connectivity index (χ4v) is 1.42. The number of unbranched alkanes of at least 4 members (excludes halogenated alkanes) is 1. The Morgan fingerprint density at radius 3 is 2.61 bits per heavy atom. The molecule has 0 spiro atoms. The van der Waals surface area contributed by atoms with Crippen molar-refractivity contribution in [2.45, 2.75) is 25.3 Å². The highest BCUT2D eigenvalue weighted by Crippen LogP contribution is 1.99. The van der Waals surface area contributed by atoms with Crippen LogP contribution in [0.5, 0.6) is 0 Å². The molecule has 0 aromatic carbocycles. The molecule has 98 valence electrons. The highest BCUT2D eigenvalue weighted by molar-refractivity contribution is 5.93. The fraction of sp³-hybridized carbons (Fsp3) is 0.417. The van der Waals surface area contributed by atoms with E-state index < -0.39 is 12.0 Å². The summed E-state index contributed by atoms with van der Waals surface area (Å²) in [5.41, 5.74) is 5.92. The van der Waals surface area contributed by atoms with Gasteiger partial charge < -0.3 is 16.2 Å². The van der Waals surface area contributed by atoms with Gasteiger partial charge in [0.15, 0.2) is 0 Å². The molecule has 0 unspecified atom stereocenters. The van der Waals surface area contributed by atoms with Gasteiger partial charge in [0.2, 0.25) is 0 Å². The van der Waals surface area contributed by atoms with Crippen molar-refractivity contribution in [3.8, 4) is 0 Å². The van der Waals surface area contributed by atoms with Gasteiger partial charge in [0.25, 0.3) is 5.91 Å². The molecule has 1 amide bonds. The van der Waals surface area contributed by atoms with Gasteiger partial charge in [-0.05, 0) is 31.4 Å². The zero-order valence-electron chi connectivity index (χ0n) is 10.0. The Morgan fingerprint density at radius 2 is 2.00 bits per heavy atom. The summed E-state index contributed by atoms with van der Waals surface area (Å²) < 4.78 is 0. The maximum absolute atomic E-state index is 11.6. The standard InChI is InChI=1S/C12H17N3O3/c13-10(12(17)18)3-1-2-6-15-11(16)9-4-7-14-8-5-9/h4-5,7-8,10H,1-3,6,13H2,(H,15,16)(H,17,18)/t10-/m0/s1. The van der Waals surface area contributed by atoms with Crippen LogP contribution in [0.15, 0.2) is 24.5 Å². The number of rotatable bonds is 7. The van der Waals surface area contributed by atoms with Crippen LogP contribution in [-0.2, 0) is 4.79 Å². The minimum Gasteiger partial charge on any atom is -0.480 e. The summed E-state index contributed by atoms with van der Waals surface area (Å²) >= 11 is 0. The number of carbonyl (C=O) groups excluding carboxylic acids is 1. The minimum absolute atomic E-state index is 0.153. The van der Waals surface area contributed by atoms with Crippen molar-refractivity contribution in [1.29, 1.82) is 0 Å². The van der Waals surface area contributed by atoms with Crippen LogP contribution >= 0.6 is 0 Å². The number of carboxylic acid groups (broad SMARTS) is 1. The Bertz CT molecular complexity index is 395. The second kappa shape index (κ2) is 7.39. The van der Waals surface area contributed by atoms with E-state index in [2.05, 4.69) is 10.3 Å². The van der Waals surface area contributed by atoms with E-state index in [1.807, 2.05) is 0 Å². The molecular formula is C12H17N3O3. The molecule has 0 aliphatic carbocycles. The summed E-state index contributed by atoms with van der Waals surface area (Å²) in [6.07, 6.45) is 4.91. The Labute approximate surface area is 105 Å². The highest BCUT2D eigenvalue weighted by atomic mass is 16.4. The van der Waals surface area contributed by atoms with Crippen LogP contribution in [0.1, 0.15) is 29.6 Å². The number of nitrogens with zero attached hydrogens (tertiary/aromatic N) is 1. The lowest BCUT2D eigenvalue weighted by Crippen LogP contribution is -2.30. The number of pyridine rings is 1. The Hall–Kier alpha value is -1.95. The summed E-state index contributed by atoms with van der Waals surface area (Å²) in [5, 5.41) is 11.3. The number of hydrogen-bond acceptors (Lipinski definition) is 4. The molecule has 6 heteroatoms. The van der Waals surface area contributed by atoms with Crippen molar-refractivity contribution in [2.75, 3.05) is 6.54 Å². The quantitative estimate of drug-likeness (QED) is 0.608. The molecule has 0 fully saturated rings. The first-order valence-corrected chi connectivity index (χ1v) is 5.78. The maximum Gasteiger partial charge on any atom is 0.320 e. The van der Waals surface area contributed by atoms with Crippen molar-refractivity contribution in [2.24, 2.45) is 5.73 Å². The first kappa shape index (κ1) is 14.1. The molecule has 0 saturated heterocycles. The predicted octanol–water partition coefficient (Wildman–Crippen LogP) is 0.394. The smallest absolute Gasteiger partial charge is 0.320 e. The van der Waals surface area contributed by atoms with Crippen LogP contribution < -0.4 is 11.1 Å². The third kappa shape index (κ3) is 4.92. The molecule has 1 heterocycles. The average Bonchev–Trinajstić information content (AvgIpc) is 2.38. The topological polar surface area (TPSA) is 105 Å². The van der Waals surface area contributed by atoms with E-state index in [9.17, 15) is 9.59 Å². The largest absolute Gasteiger partial charge is 0.480 e. The van der Waals surface area contributed by atoms with Crippen LogP contribution in [0, 0.1) is 0 Å². The van der Waals surface area contributed by atoms with Crippen LogP contribution in [-0.4, -0.2) is 34.6 Å². The van der Waals surface area contributed by atoms with Gasteiger partial charge in [0, 0.05) is 24.5 Å². The molecular weight excluding hydrogens is 234 g/mol. The summed E-state index contributed by atoms with van der Waals surface area (Å²) in [4.78, 5) is 25.9. The molecule has 1 aromatic rings. The number of aromatic nitrogens is 1. The van der Waals surface area contributed by atoms with E-state index in [1.54, 1.807) is 24.5 Å². The molecule has 1 atom stereocenters. The molecule has 0 aliphatic rings. The van der Waals surface area contributed by atoms with Crippen molar-refractivity contribution >= 4 is 11.9 Å². The number of aliphatic carboxylic acids is 1. The number of amides is 1. The molecule has 0 bridgehead atoms. The molecule has 0 saturated carbocycles. The van der Waals surface area contributed by atoms with Crippen LogP contribution in [0.4, 0.5) is 0 Å². The van der Waals surface area contributed by atoms with E-state index in [1.165, 1.54) is 0 Å². The SMILES string of the molecule is N[C@@H](CCCCNC(=O)c1ccncc1)C(=O)O. The normalized spacial score (nSPS) is 11.8. The molecule has 0 radical (unpaired) electrons. The van der Waals surface area contributed by atoms with Crippen molar-refractivity contribution in [3.63, 3.8) is 0 Å².